The molecule has 0 fully saturated rings. The number of aromatic carboxylic acids is 1. The van der Waals surface area contributed by atoms with Gasteiger partial charge in [0.1, 0.15) is 12.4 Å². The SMILES string of the molecule is CCCc1cc(-c2ccccc2OCc2ccccc2)ccc1C(=O)O. The summed E-state index contributed by atoms with van der Waals surface area (Å²) in [6, 6.07) is 23.4. The quantitative estimate of drug-likeness (QED) is 0.607. The number of para-hydroxylation sites is 1. The Labute approximate surface area is 153 Å². The van der Waals surface area contributed by atoms with Crippen LogP contribution in [0.1, 0.15) is 34.8 Å². The summed E-state index contributed by atoms with van der Waals surface area (Å²) in [6.45, 7) is 2.54. The predicted molar refractivity (Wildman–Crippen MR) is 104 cm³/mol. The van der Waals surface area contributed by atoms with E-state index in [0.29, 0.717) is 12.2 Å². The maximum absolute atomic E-state index is 11.4. The summed E-state index contributed by atoms with van der Waals surface area (Å²) in [5, 5.41) is 9.39. The number of rotatable bonds is 7. The first-order valence-corrected chi connectivity index (χ1v) is 8.81. The second-order valence-corrected chi connectivity index (χ2v) is 6.20. The van der Waals surface area contributed by atoms with Crippen LogP contribution in [-0.4, -0.2) is 11.1 Å². The first-order valence-electron chi connectivity index (χ1n) is 8.81. The number of carboxylic acid groups (broad SMARTS) is 1. The number of ether oxygens (including phenoxy) is 1. The van der Waals surface area contributed by atoms with Crippen LogP contribution in [0.4, 0.5) is 0 Å². The largest absolute Gasteiger partial charge is 0.488 e. The molecule has 0 amide bonds. The summed E-state index contributed by atoms with van der Waals surface area (Å²) in [6.07, 6.45) is 1.64. The third-order valence-electron chi connectivity index (χ3n) is 4.29. The molecule has 0 aliphatic heterocycles. The van der Waals surface area contributed by atoms with Crippen molar-refractivity contribution in [1.82, 2.24) is 0 Å². The third kappa shape index (κ3) is 4.12. The Kier molecular flexibility index (Phi) is 5.69. The van der Waals surface area contributed by atoms with Crippen LogP contribution in [0.15, 0.2) is 72.8 Å². The molecule has 0 aliphatic carbocycles. The standard InChI is InChI=1S/C23H22O3/c1-2-8-18-15-19(13-14-21(18)23(24)25)20-11-6-7-12-22(20)26-16-17-9-4-3-5-10-17/h3-7,9-15H,2,8,16H2,1H3,(H,24,25). The highest BCUT2D eigenvalue weighted by Gasteiger charge is 2.13. The van der Waals surface area contributed by atoms with E-state index >= 15 is 0 Å². The second kappa shape index (κ2) is 8.34. The van der Waals surface area contributed by atoms with Crippen molar-refractivity contribution in [3.63, 3.8) is 0 Å². The Balaban J connectivity index is 1.92. The van der Waals surface area contributed by atoms with Crippen molar-refractivity contribution in [1.29, 1.82) is 0 Å². The number of aryl methyl sites for hydroxylation is 1. The zero-order valence-corrected chi connectivity index (χ0v) is 14.8. The van der Waals surface area contributed by atoms with Crippen LogP contribution in [-0.2, 0) is 13.0 Å². The molecule has 3 aromatic rings. The number of carboxylic acids is 1. The number of hydrogen-bond acceptors (Lipinski definition) is 2. The molecule has 3 nitrogen and oxygen atoms in total. The molecular formula is C23H22O3. The summed E-state index contributed by atoms with van der Waals surface area (Å²) in [7, 11) is 0. The number of carbonyl (C=O) groups is 1. The molecule has 0 heterocycles. The Morgan fingerprint density at radius 3 is 2.42 bits per heavy atom. The zero-order valence-electron chi connectivity index (χ0n) is 14.8. The van der Waals surface area contributed by atoms with Crippen LogP contribution in [0, 0.1) is 0 Å². The number of hydrogen-bond donors (Lipinski definition) is 1. The summed E-state index contributed by atoms with van der Waals surface area (Å²) in [5.41, 5.74) is 4.28. The van der Waals surface area contributed by atoms with Gasteiger partial charge in [-0.1, -0.05) is 74.0 Å². The van der Waals surface area contributed by atoms with Gasteiger partial charge in [-0.05, 0) is 35.2 Å². The molecule has 0 saturated carbocycles. The van der Waals surface area contributed by atoms with E-state index in [4.69, 9.17) is 4.74 Å². The summed E-state index contributed by atoms with van der Waals surface area (Å²) in [4.78, 5) is 11.4. The van der Waals surface area contributed by atoms with Gasteiger partial charge in [-0.25, -0.2) is 4.79 Å². The van der Waals surface area contributed by atoms with Gasteiger partial charge in [0.2, 0.25) is 0 Å². The molecule has 3 aromatic carbocycles. The molecule has 1 N–H and O–H groups in total. The smallest absolute Gasteiger partial charge is 0.335 e. The van der Waals surface area contributed by atoms with E-state index in [1.165, 1.54) is 0 Å². The molecule has 0 saturated heterocycles. The Hall–Kier alpha value is -3.07. The maximum atomic E-state index is 11.4. The van der Waals surface area contributed by atoms with E-state index in [2.05, 4.69) is 6.92 Å². The van der Waals surface area contributed by atoms with E-state index < -0.39 is 5.97 Å². The van der Waals surface area contributed by atoms with E-state index in [1.807, 2.05) is 66.7 Å². The first kappa shape index (κ1) is 17.7. The molecule has 0 aromatic heterocycles. The lowest BCUT2D eigenvalue weighted by atomic mass is 9.96. The monoisotopic (exact) mass is 346 g/mol. The summed E-state index contributed by atoms with van der Waals surface area (Å²) in [5.74, 6) is -0.0875. The molecule has 0 unspecified atom stereocenters. The predicted octanol–water partition coefficient (Wildman–Crippen LogP) is 5.58. The fourth-order valence-corrected chi connectivity index (χ4v) is 3.01. The van der Waals surface area contributed by atoms with Crippen LogP contribution in [0.3, 0.4) is 0 Å². The molecule has 132 valence electrons. The molecule has 3 rings (SSSR count). The van der Waals surface area contributed by atoms with Gasteiger partial charge in [0, 0.05) is 5.56 Å². The van der Waals surface area contributed by atoms with Crippen molar-refractivity contribution in [2.75, 3.05) is 0 Å². The van der Waals surface area contributed by atoms with E-state index in [0.717, 1.165) is 40.8 Å². The van der Waals surface area contributed by atoms with Crippen LogP contribution in [0.25, 0.3) is 11.1 Å². The molecular weight excluding hydrogens is 324 g/mol. The first-order chi connectivity index (χ1) is 12.7. The Morgan fingerprint density at radius 1 is 0.962 bits per heavy atom. The van der Waals surface area contributed by atoms with E-state index in [-0.39, 0.29) is 0 Å². The molecule has 0 spiro atoms. The van der Waals surface area contributed by atoms with Crippen LogP contribution >= 0.6 is 0 Å². The summed E-state index contributed by atoms with van der Waals surface area (Å²) >= 11 is 0. The van der Waals surface area contributed by atoms with Crippen LogP contribution in [0.2, 0.25) is 0 Å². The van der Waals surface area contributed by atoms with Gasteiger partial charge in [0.05, 0.1) is 5.56 Å². The second-order valence-electron chi connectivity index (χ2n) is 6.20. The lowest BCUT2D eigenvalue weighted by molar-refractivity contribution is 0.0695. The van der Waals surface area contributed by atoms with Crippen molar-refractivity contribution in [2.24, 2.45) is 0 Å². The van der Waals surface area contributed by atoms with Gasteiger partial charge >= 0.3 is 5.97 Å². The van der Waals surface area contributed by atoms with Gasteiger partial charge in [-0.15, -0.1) is 0 Å². The Bertz CT molecular complexity index is 885. The van der Waals surface area contributed by atoms with Gasteiger partial charge in [-0.3, -0.25) is 0 Å². The van der Waals surface area contributed by atoms with E-state index in [1.54, 1.807) is 6.07 Å². The van der Waals surface area contributed by atoms with E-state index in [9.17, 15) is 9.90 Å². The molecule has 0 radical (unpaired) electrons. The zero-order chi connectivity index (χ0) is 18.4. The minimum Gasteiger partial charge on any atom is -0.488 e. The highest BCUT2D eigenvalue weighted by Crippen LogP contribution is 2.32. The highest BCUT2D eigenvalue weighted by molar-refractivity contribution is 5.90. The van der Waals surface area contributed by atoms with Crippen molar-refractivity contribution in [3.05, 3.63) is 89.5 Å². The maximum Gasteiger partial charge on any atom is 0.335 e. The topological polar surface area (TPSA) is 46.5 Å². The fraction of sp³-hybridized carbons (Fsp3) is 0.174. The molecule has 3 heteroatoms. The van der Waals surface area contributed by atoms with Gasteiger partial charge in [0.25, 0.3) is 0 Å². The van der Waals surface area contributed by atoms with Gasteiger partial charge in [0.15, 0.2) is 0 Å². The van der Waals surface area contributed by atoms with Crippen molar-refractivity contribution in [3.8, 4) is 16.9 Å². The van der Waals surface area contributed by atoms with Gasteiger partial charge < -0.3 is 9.84 Å². The fourth-order valence-electron chi connectivity index (χ4n) is 3.01. The molecule has 0 atom stereocenters. The molecule has 26 heavy (non-hydrogen) atoms. The average Bonchev–Trinajstić information content (AvgIpc) is 2.67. The number of benzene rings is 3. The molecule has 0 aliphatic rings. The Morgan fingerprint density at radius 2 is 1.69 bits per heavy atom. The van der Waals surface area contributed by atoms with Crippen LogP contribution in [0.5, 0.6) is 5.75 Å². The third-order valence-corrected chi connectivity index (χ3v) is 4.29. The lowest BCUT2D eigenvalue weighted by Gasteiger charge is -2.14. The normalized spacial score (nSPS) is 10.5. The highest BCUT2D eigenvalue weighted by atomic mass is 16.5. The average molecular weight is 346 g/mol. The van der Waals surface area contributed by atoms with Crippen molar-refractivity contribution in [2.45, 2.75) is 26.4 Å². The van der Waals surface area contributed by atoms with Crippen LogP contribution < -0.4 is 4.74 Å². The summed E-state index contributed by atoms with van der Waals surface area (Å²) < 4.78 is 6.04. The lowest BCUT2D eigenvalue weighted by Crippen LogP contribution is -2.03. The van der Waals surface area contributed by atoms with Gasteiger partial charge in [-0.2, -0.15) is 0 Å². The van der Waals surface area contributed by atoms with Crippen molar-refractivity contribution >= 4 is 5.97 Å². The minimum absolute atomic E-state index is 0.373. The minimum atomic E-state index is -0.881. The molecule has 0 bridgehead atoms. The van der Waals surface area contributed by atoms with Crippen molar-refractivity contribution < 1.29 is 14.6 Å².